The topological polar surface area (TPSA) is 62.2 Å². The lowest BCUT2D eigenvalue weighted by molar-refractivity contribution is 0.0691. The predicted molar refractivity (Wildman–Crippen MR) is 76.6 cm³/mol. The van der Waals surface area contributed by atoms with E-state index >= 15 is 0 Å². The molecule has 1 aromatic carbocycles. The average Bonchev–Trinajstić information content (AvgIpc) is 2.34. The predicted octanol–water partition coefficient (Wildman–Crippen LogP) is 3.39. The molecule has 0 amide bonds. The zero-order chi connectivity index (χ0) is 14.0. The van der Waals surface area contributed by atoms with E-state index in [4.69, 9.17) is 5.11 Å². The second-order valence-electron chi connectivity index (χ2n) is 5.79. The van der Waals surface area contributed by atoms with Crippen LogP contribution in [0.25, 0.3) is 10.9 Å². The standard InChI is InChI=1S/C15H18N2O2/c1-15(2,3)9-16-12-8-13(14(18)19)17-11-7-5-4-6-10(11)12/h4-8H,9H2,1-3H3,(H,16,17)(H,18,19). The number of para-hydroxylation sites is 1. The molecule has 0 saturated carbocycles. The van der Waals surface area contributed by atoms with Crippen LogP contribution >= 0.6 is 0 Å². The molecule has 0 unspecified atom stereocenters. The summed E-state index contributed by atoms with van der Waals surface area (Å²) < 4.78 is 0. The molecular weight excluding hydrogens is 240 g/mol. The molecule has 0 saturated heterocycles. The number of fused-ring (bicyclic) bond motifs is 1. The summed E-state index contributed by atoms with van der Waals surface area (Å²) in [5, 5.41) is 13.4. The van der Waals surface area contributed by atoms with Crippen molar-refractivity contribution in [3.63, 3.8) is 0 Å². The van der Waals surface area contributed by atoms with Gasteiger partial charge in [0.05, 0.1) is 5.52 Å². The van der Waals surface area contributed by atoms with Crippen LogP contribution < -0.4 is 5.32 Å². The molecule has 1 aromatic heterocycles. The maximum atomic E-state index is 11.1. The monoisotopic (exact) mass is 258 g/mol. The lowest BCUT2D eigenvalue weighted by atomic mass is 9.96. The third-order valence-corrected chi connectivity index (χ3v) is 2.74. The Hall–Kier alpha value is -2.10. The second-order valence-corrected chi connectivity index (χ2v) is 5.79. The maximum absolute atomic E-state index is 11.1. The van der Waals surface area contributed by atoms with Crippen molar-refractivity contribution in [1.82, 2.24) is 4.98 Å². The summed E-state index contributed by atoms with van der Waals surface area (Å²) in [6, 6.07) is 9.14. The lowest BCUT2D eigenvalue weighted by Gasteiger charge is -2.20. The number of carbonyl (C=O) groups is 1. The van der Waals surface area contributed by atoms with Gasteiger partial charge in [-0.1, -0.05) is 39.0 Å². The smallest absolute Gasteiger partial charge is 0.354 e. The zero-order valence-electron chi connectivity index (χ0n) is 11.4. The van der Waals surface area contributed by atoms with Crippen LogP contribution in [0.3, 0.4) is 0 Å². The molecule has 0 aliphatic heterocycles. The fourth-order valence-electron chi connectivity index (χ4n) is 1.79. The minimum absolute atomic E-state index is 0.0649. The Kier molecular flexibility index (Phi) is 3.42. The molecule has 4 heteroatoms. The molecule has 0 aliphatic rings. The van der Waals surface area contributed by atoms with E-state index in [9.17, 15) is 4.79 Å². The maximum Gasteiger partial charge on any atom is 0.354 e. The van der Waals surface area contributed by atoms with Crippen LogP contribution in [0.2, 0.25) is 0 Å². The van der Waals surface area contributed by atoms with Gasteiger partial charge in [0.1, 0.15) is 0 Å². The molecule has 0 fully saturated rings. The van der Waals surface area contributed by atoms with Gasteiger partial charge in [0, 0.05) is 17.6 Å². The van der Waals surface area contributed by atoms with Crippen molar-refractivity contribution >= 4 is 22.6 Å². The van der Waals surface area contributed by atoms with Gasteiger partial charge in [0.25, 0.3) is 0 Å². The van der Waals surface area contributed by atoms with Crippen LogP contribution in [0.15, 0.2) is 30.3 Å². The summed E-state index contributed by atoms with van der Waals surface area (Å²) >= 11 is 0. The van der Waals surface area contributed by atoms with Gasteiger partial charge < -0.3 is 10.4 Å². The third kappa shape index (κ3) is 3.22. The number of aromatic carboxylic acids is 1. The van der Waals surface area contributed by atoms with Gasteiger partial charge in [-0.15, -0.1) is 0 Å². The Balaban J connectivity index is 2.47. The molecule has 2 aromatic rings. The molecule has 0 aliphatic carbocycles. The van der Waals surface area contributed by atoms with Gasteiger partial charge >= 0.3 is 5.97 Å². The molecule has 0 radical (unpaired) electrons. The number of anilines is 1. The van der Waals surface area contributed by atoms with Gasteiger partial charge in [-0.25, -0.2) is 9.78 Å². The van der Waals surface area contributed by atoms with Crippen molar-refractivity contribution in [2.24, 2.45) is 5.41 Å². The minimum Gasteiger partial charge on any atom is -0.477 e. The summed E-state index contributed by atoms with van der Waals surface area (Å²) in [6.07, 6.45) is 0. The van der Waals surface area contributed by atoms with E-state index in [1.807, 2.05) is 24.3 Å². The highest BCUT2D eigenvalue weighted by atomic mass is 16.4. The Bertz CT molecular complexity index is 615. The van der Waals surface area contributed by atoms with Crippen molar-refractivity contribution in [2.75, 3.05) is 11.9 Å². The highest BCUT2D eigenvalue weighted by Gasteiger charge is 2.13. The SMILES string of the molecule is CC(C)(C)CNc1cc(C(=O)O)nc2ccccc12. The van der Waals surface area contributed by atoms with E-state index in [0.717, 1.165) is 17.6 Å². The number of rotatable bonds is 3. The summed E-state index contributed by atoms with van der Waals surface area (Å²) in [6.45, 7) is 7.14. The number of nitrogens with one attached hydrogen (secondary N) is 1. The molecule has 0 bridgehead atoms. The number of benzene rings is 1. The fraction of sp³-hybridized carbons (Fsp3) is 0.333. The molecule has 1 heterocycles. The van der Waals surface area contributed by atoms with Gasteiger partial charge in [-0.05, 0) is 17.5 Å². The minimum atomic E-state index is -1.01. The van der Waals surface area contributed by atoms with Crippen LogP contribution in [0.4, 0.5) is 5.69 Å². The van der Waals surface area contributed by atoms with Crippen molar-refractivity contribution in [3.05, 3.63) is 36.0 Å². The molecule has 0 atom stereocenters. The second kappa shape index (κ2) is 4.88. The number of carboxylic acids is 1. The summed E-state index contributed by atoms with van der Waals surface area (Å²) in [5.74, 6) is -1.01. The van der Waals surface area contributed by atoms with E-state index in [0.29, 0.717) is 5.52 Å². The first-order chi connectivity index (χ1) is 8.87. The van der Waals surface area contributed by atoms with Crippen molar-refractivity contribution in [3.8, 4) is 0 Å². The van der Waals surface area contributed by atoms with Gasteiger partial charge in [-0.2, -0.15) is 0 Å². The molecule has 19 heavy (non-hydrogen) atoms. The molecule has 0 spiro atoms. The molecule has 4 nitrogen and oxygen atoms in total. The number of carboxylic acid groups (broad SMARTS) is 1. The highest BCUT2D eigenvalue weighted by molar-refractivity contribution is 5.97. The lowest BCUT2D eigenvalue weighted by Crippen LogP contribution is -2.19. The van der Waals surface area contributed by atoms with Crippen molar-refractivity contribution in [1.29, 1.82) is 0 Å². The van der Waals surface area contributed by atoms with Crippen LogP contribution in [0.1, 0.15) is 31.3 Å². The van der Waals surface area contributed by atoms with E-state index in [1.165, 1.54) is 0 Å². The van der Waals surface area contributed by atoms with Crippen LogP contribution in [0.5, 0.6) is 0 Å². The summed E-state index contributed by atoms with van der Waals surface area (Å²) in [4.78, 5) is 15.2. The van der Waals surface area contributed by atoms with Crippen LogP contribution in [-0.4, -0.2) is 22.6 Å². The molecular formula is C15H18N2O2. The Morgan fingerprint density at radius 3 is 2.63 bits per heavy atom. The Morgan fingerprint density at radius 1 is 1.32 bits per heavy atom. The quantitative estimate of drug-likeness (QED) is 0.885. The van der Waals surface area contributed by atoms with Crippen LogP contribution in [-0.2, 0) is 0 Å². The largest absolute Gasteiger partial charge is 0.477 e. The summed E-state index contributed by atoms with van der Waals surface area (Å²) in [7, 11) is 0. The zero-order valence-corrected chi connectivity index (χ0v) is 11.4. The number of hydrogen-bond acceptors (Lipinski definition) is 3. The normalized spacial score (nSPS) is 11.5. The number of pyridine rings is 1. The summed E-state index contributed by atoms with van der Waals surface area (Å²) in [5.41, 5.74) is 1.69. The third-order valence-electron chi connectivity index (χ3n) is 2.74. The van der Waals surface area contributed by atoms with Gasteiger partial charge in [-0.3, -0.25) is 0 Å². The first-order valence-corrected chi connectivity index (χ1v) is 6.24. The number of aromatic nitrogens is 1. The fourth-order valence-corrected chi connectivity index (χ4v) is 1.79. The van der Waals surface area contributed by atoms with E-state index in [2.05, 4.69) is 31.1 Å². The first kappa shape index (κ1) is 13.3. The number of hydrogen-bond donors (Lipinski definition) is 2. The average molecular weight is 258 g/mol. The molecule has 100 valence electrons. The van der Waals surface area contributed by atoms with E-state index < -0.39 is 5.97 Å². The molecule has 2 rings (SSSR count). The Morgan fingerprint density at radius 2 is 2.00 bits per heavy atom. The van der Waals surface area contributed by atoms with Crippen LogP contribution in [0, 0.1) is 5.41 Å². The van der Waals surface area contributed by atoms with Gasteiger partial charge in [0.15, 0.2) is 5.69 Å². The number of nitrogens with zero attached hydrogens (tertiary/aromatic N) is 1. The van der Waals surface area contributed by atoms with E-state index in [-0.39, 0.29) is 11.1 Å². The molecule has 2 N–H and O–H groups in total. The Labute approximate surface area is 112 Å². The van der Waals surface area contributed by atoms with Gasteiger partial charge in [0.2, 0.25) is 0 Å². The first-order valence-electron chi connectivity index (χ1n) is 6.24. The van der Waals surface area contributed by atoms with E-state index in [1.54, 1.807) is 6.07 Å². The van der Waals surface area contributed by atoms with Crippen molar-refractivity contribution < 1.29 is 9.90 Å². The van der Waals surface area contributed by atoms with Crippen molar-refractivity contribution in [2.45, 2.75) is 20.8 Å². The highest BCUT2D eigenvalue weighted by Crippen LogP contribution is 2.24.